The Hall–Kier alpha value is -2.40. The molecule has 0 unspecified atom stereocenters. The standard InChI is InChI=1S/C18H16N2O2S/c1-12-16(20-15-9-5-4-8-14(15)19-12)11-23-17-10-6-3-7-13(17)18(21)22-2/h3-10H,11H2,1-2H3. The first-order valence-corrected chi connectivity index (χ1v) is 8.20. The maximum absolute atomic E-state index is 11.8. The Morgan fingerprint density at radius 3 is 2.43 bits per heavy atom. The number of carbonyl (C=O) groups is 1. The monoisotopic (exact) mass is 324 g/mol. The number of methoxy groups -OCH3 is 1. The molecule has 3 aromatic rings. The summed E-state index contributed by atoms with van der Waals surface area (Å²) in [5, 5.41) is 0. The van der Waals surface area contributed by atoms with Crippen molar-refractivity contribution in [3.63, 3.8) is 0 Å². The lowest BCUT2D eigenvalue weighted by atomic mass is 10.2. The molecule has 0 amide bonds. The van der Waals surface area contributed by atoms with Crippen LogP contribution in [0.2, 0.25) is 0 Å². The molecule has 3 rings (SSSR count). The maximum atomic E-state index is 11.8. The van der Waals surface area contributed by atoms with Crippen molar-refractivity contribution in [1.29, 1.82) is 0 Å². The Morgan fingerprint density at radius 1 is 1.04 bits per heavy atom. The number of hydrogen-bond donors (Lipinski definition) is 0. The molecule has 0 atom stereocenters. The molecular weight excluding hydrogens is 308 g/mol. The van der Waals surface area contributed by atoms with Crippen molar-refractivity contribution < 1.29 is 9.53 Å². The van der Waals surface area contributed by atoms with Gasteiger partial charge in [-0.2, -0.15) is 0 Å². The highest BCUT2D eigenvalue weighted by atomic mass is 32.2. The van der Waals surface area contributed by atoms with E-state index in [1.165, 1.54) is 7.11 Å². The molecule has 0 aliphatic heterocycles. The zero-order valence-corrected chi connectivity index (χ0v) is 13.8. The van der Waals surface area contributed by atoms with Gasteiger partial charge in [0.15, 0.2) is 0 Å². The average molecular weight is 324 g/mol. The molecule has 1 heterocycles. The van der Waals surface area contributed by atoms with Crippen LogP contribution in [0.5, 0.6) is 0 Å². The zero-order chi connectivity index (χ0) is 16.2. The molecule has 0 saturated heterocycles. The van der Waals surface area contributed by atoms with Crippen LogP contribution in [-0.4, -0.2) is 23.0 Å². The molecule has 1 aromatic heterocycles. The summed E-state index contributed by atoms with van der Waals surface area (Å²) in [5.74, 6) is 0.326. The molecule has 5 heteroatoms. The quantitative estimate of drug-likeness (QED) is 0.536. The second-order valence-corrected chi connectivity index (χ2v) is 6.04. The fraction of sp³-hybridized carbons (Fsp3) is 0.167. The summed E-state index contributed by atoms with van der Waals surface area (Å²) in [5.41, 5.74) is 4.19. The van der Waals surface area contributed by atoms with Crippen molar-refractivity contribution in [2.45, 2.75) is 17.6 Å². The van der Waals surface area contributed by atoms with Crippen LogP contribution in [0.1, 0.15) is 21.7 Å². The van der Waals surface area contributed by atoms with Crippen molar-refractivity contribution in [1.82, 2.24) is 9.97 Å². The Labute approximate surface area is 138 Å². The lowest BCUT2D eigenvalue weighted by Gasteiger charge is -2.09. The first kappa shape index (κ1) is 15.5. The van der Waals surface area contributed by atoms with Crippen molar-refractivity contribution >= 4 is 28.8 Å². The van der Waals surface area contributed by atoms with E-state index in [1.807, 2.05) is 49.4 Å². The topological polar surface area (TPSA) is 52.1 Å². The van der Waals surface area contributed by atoms with Gasteiger partial charge in [0.1, 0.15) is 0 Å². The van der Waals surface area contributed by atoms with E-state index >= 15 is 0 Å². The second kappa shape index (κ2) is 6.79. The van der Waals surface area contributed by atoms with Crippen LogP contribution in [0.15, 0.2) is 53.4 Å². The fourth-order valence-corrected chi connectivity index (χ4v) is 3.33. The zero-order valence-electron chi connectivity index (χ0n) is 12.9. The molecule has 0 spiro atoms. The van der Waals surface area contributed by atoms with E-state index in [0.29, 0.717) is 11.3 Å². The number of ether oxygens (including phenoxy) is 1. The number of nitrogens with zero attached hydrogens (tertiary/aromatic N) is 2. The number of rotatable bonds is 4. The molecule has 2 aromatic carbocycles. The van der Waals surface area contributed by atoms with E-state index in [-0.39, 0.29) is 5.97 Å². The van der Waals surface area contributed by atoms with Crippen LogP contribution in [0.3, 0.4) is 0 Å². The van der Waals surface area contributed by atoms with Crippen LogP contribution in [-0.2, 0) is 10.5 Å². The van der Waals surface area contributed by atoms with Crippen molar-refractivity contribution in [2.24, 2.45) is 0 Å². The molecular formula is C18H16N2O2S. The molecule has 0 N–H and O–H groups in total. The van der Waals surface area contributed by atoms with Crippen LogP contribution in [0.25, 0.3) is 11.0 Å². The molecule has 0 bridgehead atoms. The van der Waals surface area contributed by atoms with Gasteiger partial charge in [0.05, 0.1) is 35.1 Å². The third kappa shape index (κ3) is 3.35. The van der Waals surface area contributed by atoms with Crippen LogP contribution in [0, 0.1) is 6.92 Å². The number of hydrogen-bond acceptors (Lipinski definition) is 5. The summed E-state index contributed by atoms with van der Waals surface area (Å²) in [6.45, 7) is 1.96. The summed E-state index contributed by atoms with van der Waals surface area (Å²) in [7, 11) is 1.39. The number of para-hydroxylation sites is 2. The van der Waals surface area contributed by atoms with Crippen LogP contribution < -0.4 is 0 Å². The van der Waals surface area contributed by atoms with E-state index < -0.39 is 0 Å². The van der Waals surface area contributed by atoms with Crippen molar-refractivity contribution in [3.8, 4) is 0 Å². The minimum absolute atomic E-state index is 0.325. The van der Waals surface area contributed by atoms with Crippen molar-refractivity contribution in [3.05, 3.63) is 65.5 Å². The van der Waals surface area contributed by atoms with Gasteiger partial charge in [0.2, 0.25) is 0 Å². The van der Waals surface area contributed by atoms with E-state index in [4.69, 9.17) is 4.74 Å². The molecule has 116 valence electrons. The third-order valence-corrected chi connectivity index (χ3v) is 4.58. The van der Waals surface area contributed by atoms with Gasteiger partial charge in [0.25, 0.3) is 0 Å². The van der Waals surface area contributed by atoms with Gasteiger partial charge in [-0.25, -0.2) is 14.8 Å². The lowest BCUT2D eigenvalue weighted by Crippen LogP contribution is -2.03. The molecule has 4 nitrogen and oxygen atoms in total. The first-order valence-electron chi connectivity index (χ1n) is 7.21. The number of benzene rings is 2. The molecule has 0 fully saturated rings. The minimum Gasteiger partial charge on any atom is -0.465 e. The van der Waals surface area contributed by atoms with Gasteiger partial charge in [0, 0.05) is 10.6 Å². The number of carbonyl (C=O) groups excluding carboxylic acids is 1. The SMILES string of the molecule is COC(=O)c1ccccc1SCc1nc2ccccc2nc1C. The fourth-order valence-electron chi connectivity index (χ4n) is 2.28. The van der Waals surface area contributed by atoms with Gasteiger partial charge in [-0.15, -0.1) is 11.8 Å². The number of esters is 1. The Bertz CT molecular complexity index is 865. The summed E-state index contributed by atoms with van der Waals surface area (Å²) < 4.78 is 4.83. The predicted octanol–water partition coefficient (Wildman–Crippen LogP) is 4.02. The highest BCUT2D eigenvalue weighted by Crippen LogP contribution is 2.27. The summed E-state index contributed by atoms with van der Waals surface area (Å²) in [6, 6.07) is 15.3. The Morgan fingerprint density at radius 2 is 1.70 bits per heavy atom. The molecule has 0 radical (unpaired) electrons. The predicted molar refractivity (Wildman–Crippen MR) is 91.6 cm³/mol. The van der Waals surface area contributed by atoms with Gasteiger partial charge < -0.3 is 4.74 Å². The van der Waals surface area contributed by atoms with E-state index in [9.17, 15) is 4.79 Å². The van der Waals surface area contributed by atoms with E-state index in [1.54, 1.807) is 17.8 Å². The smallest absolute Gasteiger partial charge is 0.338 e. The summed E-state index contributed by atoms with van der Waals surface area (Å²) in [6.07, 6.45) is 0. The molecule has 23 heavy (non-hydrogen) atoms. The number of aromatic nitrogens is 2. The largest absolute Gasteiger partial charge is 0.465 e. The summed E-state index contributed by atoms with van der Waals surface area (Å²) in [4.78, 5) is 22.0. The average Bonchev–Trinajstić information content (AvgIpc) is 2.59. The van der Waals surface area contributed by atoms with Gasteiger partial charge >= 0.3 is 5.97 Å². The van der Waals surface area contributed by atoms with Gasteiger partial charge in [-0.05, 0) is 31.2 Å². The normalized spacial score (nSPS) is 10.7. The second-order valence-electron chi connectivity index (χ2n) is 5.02. The lowest BCUT2D eigenvalue weighted by molar-refractivity contribution is 0.0597. The highest BCUT2D eigenvalue weighted by Gasteiger charge is 2.13. The van der Waals surface area contributed by atoms with Gasteiger partial charge in [-0.1, -0.05) is 24.3 Å². The Kier molecular flexibility index (Phi) is 4.57. The van der Waals surface area contributed by atoms with Gasteiger partial charge in [-0.3, -0.25) is 0 Å². The van der Waals surface area contributed by atoms with Crippen molar-refractivity contribution in [2.75, 3.05) is 7.11 Å². The summed E-state index contributed by atoms with van der Waals surface area (Å²) >= 11 is 1.56. The molecule has 0 saturated carbocycles. The Balaban J connectivity index is 1.87. The van der Waals surface area contributed by atoms with Crippen LogP contribution >= 0.6 is 11.8 Å². The number of thioether (sulfide) groups is 1. The number of fused-ring (bicyclic) bond motifs is 1. The third-order valence-electron chi connectivity index (χ3n) is 3.50. The minimum atomic E-state index is -0.325. The van der Waals surface area contributed by atoms with E-state index in [0.717, 1.165) is 27.3 Å². The number of aryl methyl sites for hydroxylation is 1. The molecule has 0 aliphatic rings. The van der Waals surface area contributed by atoms with Crippen LogP contribution in [0.4, 0.5) is 0 Å². The maximum Gasteiger partial charge on any atom is 0.338 e. The first-order chi connectivity index (χ1) is 11.2. The van der Waals surface area contributed by atoms with E-state index in [2.05, 4.69) is 9.97 Å². The molecule has 0 aliphatic carbocycles. The highest BCUT2D eigenvalue weighted by molar-refractivity contribution is 7.98.